The highest BCUT2D eigenvalue weighted by Gasteiger charge is 2.32. The van der Waals surface area contributed by atoms with Crippen LogP contribution in [0.3, 0.4) is 0 Å². The zero-order valence-corrected chi connectivity index (χ0v) is 6.44. The van der Waals surface area contributed by atoms with Crippen molar-refractivity contribution < 1.29 is 19.5 Å². The number of hydrogen-bond donors (Lipinski definition) is 0. The van der Waals surface area contributed by atoms with Gasteiger partial charge in [0.25, 0.3) is 0 Å². The first-order valence-electron chi connectivity index (χ1n) is 3.34. The van der Waals surface area contributed by atoms with Gasteiger partial charge in [-0.3, -0.25) is 14.6 Å². The Kier molecular flexibility index (Phi) is 1.99. The SMILES string of the molecule is CN(C(=O)[O-])N1C(=O)CCC1=O. The summed E-state index contributed by atoms with van der Waals surface area (Å²) in [5.41, 5.74) is 0. The summed E-state index contributed by atoms with van der Waals surface area (Å²) in [7, 11) is 1.09. The van der Waals surface area contributed by atoms with Crippen molar-refractivity contribution in [2.24, 2.45) is 0 Å². The second-order valence-corrected chi connectivity index (χ2v) is 2.39. The Morgan fingerprint density at radius 3 is 2.17 bits per heavy atom. The Morgan fingerprint density at radius 1 is 1.42 bits per heavy atom. The fourth-order valence-electron chi connectivity index (χ4n) is 0.981. The van der Waals surface area contributed by atoms with Gasteiger partial charge in [-0.15, -0.1) is 0 Å². The van der Waals surface area contributed by atoms with Gasteiger partial charge in [-0.25, -0.2) is 0 Å². The van der Waals surface area contributed by atoms with Crippen molar-refractivity contribution in [2.45, 2.75) is 12.8 Å². The lowest BCUT2D eigenvalue weighted by Crippen LogP contribution is -2.51. The first-order chi connectivity index (χ1) is 5.54. The molecule has 0 aromatic rings. The number of carboxylic acid groups (broad SMARTS) is 1. The molecule has 1 aliphatic heterocycles. The minimum absolute atomic E-state index is 0.0659. The second kappa shape index (κ2) is 2.80. The fraction of sp³-hybridized carbons (Fsp3) is 0.500. The average Bonchev–Trinajstić information content (AvgIpc) is 2.30. The van der Waals surface area contributed by atoms with Crippen LogP contribution in [0.1, 0.15) is 12.8 Å². The molecule has 0 aliphatic carbocycles. The maximum Gasteiger partial charge on any atom is 0.248 e. The zero-order valence-electron chi connectivity index (χ0n) is 6.44. The molecule has 1 aliphatic rings. The van der Waals surface area contributed by atoms with Crippen LogP contribution in [0.2, 0.25) is 0 Å². The lowest BCUT2D eigenvalue weighted by Gasteiger charge is -2.27. The zero-order chi connectivity index (χ0) is 9.30. The van der Waals surface area contributed by atoms with Crippen LogP contribution >= 0.6 is 0 Å². The molecule has 66 valence electrons. The molecule has 6 heteroatoms. The second-order valence-electron chi connectivity index (χ2n) is 2.39. The molecule has 0 atom stereocenters. The van der Waals surface area contributed by atoms with Crippen LogP contribution in [-0.2, 0) is 9.59 Å². The highest BCUT2D eigenvalue weighted by atomic mass is 16.4. The van der Waals surface area contributed by atoms with Crippen molar-refractivity contribution in [3.8, 4) is 0 Å². The lowest BCUT2D eigenvalue weighted by atomic mass is 10.4. The molecule has 3 amide bonds. The van der Waals surface area contributed by atoms with Crippen molar-refractivity contribution >= 4 is 17.9 Å². The van der Waals surface area contributed by atoms with Gasteiger partial charge >= 0.3 is 0 Å². The van der Waals surface area contributed by atoms with Crippen LogP contribution in [0.4, 0.5) is 4.79 Å². The number of carbonyl (C=O) groups is 3. The van der Waals surface area contributed by atoms with Gasteiger partial charge in [0.05, 0.1) is 0 Å². The van der Waals surface area contributed by atoms with E-state index in [9.17, 15) is 19.5 Å². The van der Waals surface area contributed by atoms with Gasteiger partial charge in [0, 0.05) is 19.9 Å². The van der Waals surface area contributed by atoms with E-state index >= 15 is 0 Å². The summed E-state index contributed by atoms with van der Waals surface area (Å²) < 4.78 is 0. The van der Waals surface area contributed by atoms with Gasteiger partial charge in [-0.1, -0.05) is 0 Å². The van der Waals surface area contributed by atoms with E-state index in [1.54, 1.807) is 0 Å². The monoisotopic (exact) mass is 171 g/mol. The molecule has 0 N–H and O–H groups in total. The van der Waals surface area contributed by atoms with E-state index in [1.807, 2.05) is 0 Å². The van der Waals surface area contributed by atoms with Crippen molar-refractivity contribution in [2.75, 3.05) is 7.05 Å². The number of carbonyl (C=O) groups excluding carboxylic acids is 3. The molecule has 12 heavy (non-hydrogen) atoms. The highest BCUT2D eigenvalue weighted by Crippen LogP contribution is 2.12. The molecule has 0 saturated carbocycles. The molecular weight excluding hydrogens is 164 g/mol. The highest BCUT2D eigenvalue weighted by molar-refractivity contribution is 6.02. The quantitative estimate of drug-likeness (QED) is 0.441. The molecule has 0 aromatic carbocycles. The van der Waals surface area contributed by atoms with Crippen LogP contribution in [0.5, 0.6) is 0 Å². The van der Waals surface area contributed by atoms with Crippen molar-refractivity contribution in [1.82, 2.24) is 10.0 Å². The Bertz CT molecular complexity index is 234. The molecule has 1 fully saturated rings. The summed E-state index contributed by atoms with van der Waals surface area (Å²) in [5.74, 6) is -1.02. The summed E-state index contributed by atoms with van der Waals surface area (Å²) in [6, 6.07) is 0. The molecule has 0 unspecified atom stereocenters. The van der Waals surface area contributed by atoms with E-state index in [1.165, 1.54) is 0 Å². The van der Waals surface area contributed by atoms with E-state index < -0.39 is 17.9 Å². The lowest BCUT2D eigenvalue weighted by molar-refractivity contribution is -0.275. The van der Waals surface area contributed by atoms with Crippen LogP contribution in [0.25, 0.3) is 0 Å². The number of amides is 3. The summed E-state index contributed by atoms with van der Waals surface area (Å²) in [5, 5.41) is 11.3. The molecule has 0 radical (unpaired) electrons. The van der Waals surface area contributed by atoms with Crippen molar-refractivity contribution in [3.63, 3.8) is 0 Å². The predicted molar refractivity (Wildman–Crippen MR) is 34.2 cm³/mol. The summed E-state index contributed by atoms with van der Waals surface area (Å²) in [4.78, 5) is 32.1. The smallest absolute Gasteiger partial charge is 0.248 e. The molecule has 6 nitrogen and oxygen atoms in total. The summed E-state index contributed by atoms with van der Waals surface area (Å²) >= 11 is 0. The van der Waals surface area contributed by atoms with Gasteiger partial charge in [0.1, 0.15) is 0 Å². The van der Waals surface area contributed by atoms with Gasteiger partial charge < -0.3 is 9.90 Å². The fourth-order valence-corrected chi connectivity index (χ4v) is 0.981. The van der Waals surface area contributed by atoms with E-state index in [4.69, 9.17) is 0 Å². The Morgan fingerprint density at radius 2 is 1.83 bits per heavy atom. The van der Waals surface area contributed by atoms with E-state index in [2.05, 4.69) is 0 Å². The van der Waals surface area contributed by atoms with Gasteiger partial charge in [0.2, 0.25) is 11.8 Å². The topological polar surface area (TPSA) is 80.8 Å². The first kappa shape index (κ1) is 8.51. The van der Waals surface area contributed by atoms with E-state index in [0.29, 0.717) is 10.0 Å². The van der Waals surface area contributed by atoms with E-state index in [-0.39, 0.29) is 12.8 Å². The number of imide groups is 1. The van der Waals surface area contributed by atoms with Crippen LogP contribution in [-0.4, -0.2) is 35.0 Å². The Hall–Kier alpha value is -1.59. The molecule has 1 rings (SSSR count). The minimum Gasteiger partial charge on any atom is -0.529 e. The maximum absolute atomic E-state index is 10.9. The number of nitrogens with zero attached hydrogens (tertiary/aromatic N) is 2. The van der Waals surface area contributed by atoms with E-state index in [0.717, 1.165) is 7.05 Å². The number of hydrazine groups is 1. The van der Waals surface area contributed by atoms with Crippen LogP contribution in [0.15, 0.2) is 0 Å². The summed E-state index contributed by atoms with van der Waals surface area (Å²) in [6.07, 6.45) is -1.44. The van der Waals surface area contributed by atoms with Crippen LogP contribution in [0, 0.1) is 0 Å². The van der Waals surface area contributed by atoms with Crippen molar-refractivity contribution in [1.29, 1.82) is 0 Å². The Balaban J connectivity index is 2.79. The normalized spacial score (nSPS) is 16.9. The third-order valence-corrected chi connectivity index (χ3v) is 1.59. The third kappa shape index (κ3) is 1.23. The first-order valence-corrected chi connectivity index (χ1v) is 3.34. The third-order valence-electron chi connectivity index (χ3n) is 1.59. The number of hydrogen-bond acceptors (Lipinski definition) is 4. The largest absolute Gasteiger partial charge is 0.529 e. The minimum atomic E-state index is -1.57. The molecular formula is C6H7N2O4-. The van der Waals surface area contributed by atoms with Crippen molar-refractivity contribution in [3.05, 3.63) is 0 Å². The van der Waals surface area contributed by atoms with Gasteiger partial charge in [0.15, 0.2) is 6.09 Å². The molecule has 1 heterocycles. The Labute approximate surface area is 68.3 Å². The molecule has 0 spiro atoms. The number of rotatable bonds is 1. The predicted octanol–water partition coefficient (Wildman–Crippen LogP) is -1.67. The standard InChI is InChI=1S/C6H8N2O4/c1-7(6(11)12)8-4(9)2-3-5(8)10/h2-3H2,1H3,(H,11,12)/p-1. The van der Waals surface area contributed by atoms with Gasteiger partial charge in [-0.2, -0.15) is 5.01 Å². The maximum atomic E-state index is 10.9. The average molecular weight is 171 g/mol. The van der Waals surface area contributed by atoms with Gasteiger partial charge in [-0.05, 0) is 0 Å². The molecule has 1 saturated heterocycles. The van der Waals surface area contributed by atoms with Crippen LogP contribution < -0.4 is 5.11 Å². The summed E-state index contributed by atoms with van der Waals surface area (Å²) in [6.45, 7) is 0. The molecule has 0 aromatic heterocycles. The molecule has 0 bridgehead atoms.